The van der Waals surface area contributed by atoms with Crippen LogP contribution in [0.2, 0.25) is 5.02 Å². The number of carbonyl (C=O) groups is 1. The Morgan fingerprint density at radius 3 is 2.52 bits per heavy atom. The van der Waals surface area contributed by atoms with Crippen LogP contribution in [-0.4, -0.2) is 22.4 Å². The second kappa shape index (κ2) is 9.06. The van der Waals surface area contributed by atoms with Gasteiger partial charge in [-0.2, -0.15) is 0 Å². The smallest absolute Gasteiger partial charge is 0.308 e. The van der Waals surface area contributed by atoms with Gasteiger partial charge in [-0.05, 0) is 52.3 Å². The SMILES string of the molecule is C=CC1=C(/C=C\C)C(c2ccc(Cl)cc2)=N[C@@H](CC(=O)OC(C)(C)C)c2onc(C)c21. The van der Waals surface area contributed by atoms with Gasteiger partial charge in [0, 0.05) is 16.2 Å². The van der Waals surface area contributed by atoms with E-state index in [1.807, 2.05) is 71.0 Å². The van der Waals surface area contributed by atoms with Gasteiger partial charge in [0.2, 0.25) is 0 Å². The molecule has 0 N–H and O–H groups in total. The number of carbonyl (C=O) groups excluding carboxylic acids is 1. The van der Waals surface area contributed by atoms with Crippen LogP contribution in [0.3, 0.4) is 0 Å². The van der Waals surface area contributed by atoms with Crippen LogP contribution in [0.25, 0.3) is 5.57 Å². The number of hydrogen-bond donors (Lipinski definition) is 0. The molecule has 2 heterocycles. The van der Waals surface area contributed by atoms with Crippen molar-refractivity contribution in [1.29, 1.82) is 0 Å². The average Bonchev–Trinajstić information content (AvgIpc) is 3.00. The van der Waals surface area contributed by atoms with Crippen molar-refractivity contribution in [2.45, 2.75) is 52.7 Å². The van der Waals surface area contributed by atoms with Crippen LogP contribution < -0.4 is 0 Å². The Balaban J connectivity index is 2.22. The van der Waals surface area contributed by atoms with E-state index in [4.69, 9.17) is 25.9 Å². The largest absolute Gasteiger partial charge is 0.460 e. The normalized spacial score (nSPS) is 16.7. The van der Waals surface area contributed by atoms with Gasteiger partial charge < -0.3 is 9.26 Å². The zero-order valence-corrected chi connectivity index (χ0v) is 19.3. The van der Waals surface area contributed by atoms with Crippen molar-refractivity contribution in [3.63, 3.8) is 0 Å². The van der Waals surface area contributed by atoms with Gasteiger partial charge >= 0.3 is 5.97 Å². The minimum absolute atomic E-state index is 0.0313. The van der Waals surface area contributed by atoms with Gasteiger partial charge in [0.15, 0.2) is 5.76 Å². The van der Waals surface area contributed by atoms with Gasteiger partial charge in [-0.15, -0.1) is 0 Å². The summed E-state index contributed by atoms with van der Waals surface area (Å²) in [4.78, 5) is 17.7. The molecule has 2 aromatic rings. The third-order valence-electron chi connectivity index (χ3n) is 4.73. The number of nitrogens with zero attached hydrogens (tertiary/aromatic N) is 2. The molecule has 162 valence electrons. The van der Waals surface area contributed by atoms with Crippen LogP contribution >= 0.6 is 11.6 Å². The number of rotatable bonds is 5. The second-order valence-corrected chi connectivity index (χ2v) is 8.77. The van der Waals surface area contributed by atoms with Gasteiger partial charge in [-0.25, -0.2) is 0 Å². The number of allylic oxidation sites excluding steroid dienone is 5. The minimum Gasteiger partial charge on any atom is -0.460 e. The number of benzene rings is 1. The topological polar surface area (TPSA) is 64.7 Å². The number of aliphatic imine (C=N–C) groups is 1. The van der Waals surface area contributed by atoms with E-state index in [9.17, 15) is 4.79 Å². The highest BCUT2D eigenvalue weighted by molar-refractivity contribution is 6.30. The standard InChI is InChI=1S/C25H27ClN2O3/c1-7-9-19-18(8-2)22-15(3)28-31-24(22)20(14-21(29)30-25(4,5)6)27-23(19)16-10-12-17(26)13-11-16/h7-13,20H,2,14H2,1,3-6H3/b9-7-/t20-/m0/s1. The fourth-order valence-electron chi connectivity index (χ4n) is 3.55. The first-order chi connectivity index (χ1) is 14.6. The Labute approximate surface area is 188 Å². The summed E-state index contributed by atoms with van der Waals surface area (Å²) in [5, 5.41) is 4.79. The molecule has 0 radical (unpaired) electrons. The highest BCUT2D eigenvalue weighted by atomic mass is 35.5. The number of esters is 1. The molecule has 1 aromatic carbocycles. The molecule has 0 fully saturated rings. The van der Waals surface area contributed by atoms with Crippen molar-refractivity contribution in [2.24, 2.45) is 4.99 Å². The molecule has 0 aliphatic carbocycles. The van der Waals surface area contributed by atoms with Gasteiger partial charge in [-0.1, -0.05) is 53.7 Å². The van der Waals surface area contributed by atoms with E-state index in [-0.39, 0.29) is 12.4 Å². The van der Waals surface area contributed by atoms with E-state index < -0.39 is 11.6 Å². The predicted octanol–water partition coefficient (Wildman–Crippen LogP) is 6.43. The predicted molar refractivity (Wildman–Crippen MR) is 124 cm³/mol. The molecule has 0 amide bonds. The Bertz CT molecular complexity index is 1080. The fraction of sp³-hybridized carbons (Fsp3) is 0.320. The molecule has 6 heteroatoms. The van der Waals surface area contributed by atoms with Crippen molar-refractivity contribution < 1.29 is 14.1 Å². The van der Waals surface area contributed by atoms with Crippen LogP contribution in [-0.2, 0) is 9.53 Å². The summed E-state index contributed by atoms with van der Waals surface area (Å²) >= 11 is 6.11. The molecular weight excluding hydrogens is 412 g/mol. The first-order valence-electron chi connectivity index (χ1n) is 10.2. The number of aryl methyl sites for hydroxylation is 1. The quantitative estimate of drug-likeness (QED) is 0.504. The lowest BCUT2D eigenvalue weighted by Gasteiger charge is -2.20. The number of aromatic nitrogens is 1. The van der Waals surface area contributed by atoms with Crippen LogP contribution in [0.4, 0.5) is 0 Å². The molecule has 31 heavy (non-hydrogen) atoms. The monoisotopic (exact) mass is 438 g/mol. The van der Waals surface area contributed by atoms with E-state index in [1.54, 1.807) is 6.08 Å². The Kier molecular flexibility index (Phi) is 6.65. The molecular formula is C25H27ClN2O3. The van der Waals surface area contributed by atoms with Crippen molar-refractivity contribution in [1.82, 2.24) is 5.16 Å². The maximum Gasteiger partial charge on any atom is 0.308 e. The third-order valence-corrected chi connectivity index (χ3v) is 4.98. The molecule has 1 aromatic heterocycles. The summed E-state index contributed by atoms with van der Waals surface area (Å²) in [5.41, 5.74) is 4.26. The molecule has 1 aliphatic rings. The van der Waals surface area contributed by atoms with Gasteiger partial charge in [0.25, 0.3) is 0 Å². The molecule has 0 saturated heterocycles. The Morgan fingerprint density at radius 2 is 1.94 bits per heavy atom. The van der Waals surface area contributed by atoms with Gasteiger partial charge in [-0.3, -0.25) is 9.79 Å². The summed E-state index contributed by atoms with van der Waals surface area (Å²) in [6, 6.07) is 6.87. The summed E-state index contributed by atoms with van der Waals surface area (Å²) < 4.78 is 11.2. The van der Waals surface area contributed by atoms with Crippen LogP contribution in [0, 0.1) is 6.92 Å². The highest BCUT2D eigenvalue weighted by Crippen LogP contribution is 2.39. The number of fused-ring (bicyclic) bond motifs is 1. The maximum atomic E-state index is 12.7. The van der Waals surface area contributed by atoms with E-state index in [2.05, 4.69) is 11.7 Å². The van der Waals surface area contributed by atoms with Gasteiger partial charge in [0.1, 0.15) is 11.6 Å². The molecule has 5 nitrogen and oxygen atoms in total. The zero-order valence-electron chi connectivity index (χ0n) is 18.5. The molecule has 0 unspecified atom stereocenters. The molecule has 0 bridgehead atoms. The molecule has 1 atom stereocenters. The lowest BCUT2D eigenvalue weighted by atomic mass is 9.92. The molecule has 0 saturated carbocycles. The van der Waals surface area contributed by atoms with E-state index in [0.717, 1.165) is 28.0 Å². The van der Waals surface area contributed by atoms with Gasteiger partial charge in [0.05, 0.1) is 23.4 Å². The van der Waals surface area contributed by atoms with E-state index in [0.29, 0.717) is 16.5 Å². The van der Waals surface area contributed by atoms with Crippen LogP contribution in [0.1, 0.15) is 62.7 Å². The lowest BCUT2D eigenvalue weighted by Crippen LogP contribution is -2.25. The number of halogens is 1. The Hall–Kier alpha value is -2.92. The first-order valence-corrected chi connectivity index (χ1v) is 10.5. The van der Waals surface area contributed by atoms with Crippen LogP contribution in [0.5, 0.6) is 0 Å². The minimum atomic E-state index is -0.592. The van der Waals surface area contributed by atoms with E-state index in [1.165, 1.54) is 0 Å². The summed E-state index contributed by atoms with van der Waals surface area (Å²) in [6.07, 6.45) is 5.74. The number of hydrogen-bond acceptors (Lipinski definition) is 5. The van der Waals surface area contributed by atoms with Crippen molar-refractivity contribution in [2.75, 3.05) is 0 Å². The maximum absolute atomic E-state index is 12.7. The van der Waals surface area contributed by atoms with Crippen molar-refractivity contribution in [3.05, 3.63) is 82.2 Å². The lowest BCUT2D eigenvalue weighted by molar-refractivity contribution is -0.155. The molecule has 1 aliphatic heterocycles. The fourth-order valence-corrected chi connectivity index (χ4v) is 3.68. The summed E-state index contributed by atoms with van der Waals surface area (Å²) in [7, 11) is 0. The zero-order chi connectivity index (χ0) is 22.8. The van der Waals surface area contributed by atoms with Crippen molar-refractivity contribution >= 4 is 28.9 Å². The van der Waals surface area contributed by atoms with Crippen molar-refractivity contribution in [3.8, 4) is 0 Å². The summed E-state index contributed by atoms with van der Waals surface area (Å²) in [6.45, 7) is 13.4. The second-order valence-electron chi connectivity index (χ2n) is 8.33. The highest BCUT2D eigenvalue weighted by Gasteiger charge is 2.32. The summed E-state index contributed by atoms with van der Waals surface area (Å²) in [5.74, 6) is 0.176. The average molecular weight is 439 g/mol. The van der Waals surface area contributed by atoms with Crippen LogP contribution in [0.15, 0.2) is 64.2 Å². The first kappa shape index (κ1) is 22.8. The molecule has 0 spiro atoms. The third kappa shape index (κ3) is 5.05. The van der Waals surface area contributed by atoms with E-state index >= 15 is 0 Å². The Morgan fingerprint density at radius 1 is 1.26 bits per heavy atom. The molecule has 3 rings (SSSR count). The number of ether oxygens (including phenoxy) is 1.